The van der Waals surface area contributed by atoms with Crippen molar-refractivity contribution in [3.05, 3.63) is 40.8 Å². The van der Waals surface area contributed by atoms with E-state index in [4.69, 9.17) is 11.6 Å². The molecule has 0 atom stereocenters. The highest BCUT2D eigenvalue weighted by Gasteiger charge is 2.08. The molecule has 0 aliphatic carbocycles. The van der Waals surface area contributed by atoms with Gasteiger partial charge < -0.3 is 5.32 Å². The number of benzene rings is 1. The van der Waals surface area contributed by atoms with Gasteiger partial charge in [0.05, 0.1) is 0 Å². The van der Waals surface area contributed by atoms with Crippen molar-refractivity contribution in [2.24, 2.45) is 0 Å². The molecule has 0 fully saturated rings. The molecule has 1 N–H and O–H groups in total. The standard InChI is InChI=1S/C13H13ClFN3/c1-3-11-7-12(16-2)18-13(17-11)8-4-9(14)6-10(15)5-8/h4-7H,3H2,1-2H3,(H,16,17,18). The highest BCUT2D eigenvalue weighted by atomic mass is 35.5. The number of hydrogen-bond acceptors (Lipinski definition) is 3. The van der Waals surface area contributed by atoms with Crippen molar-refractivity contribution in [2.45, 2.75) is 13.3 Å². The maximum absolute atomic E-state index is 13.3. The predicted molar refractivity (Wildman–Crippen MR) is 71.4 cm³/mol. The molecule has 0 spiro atoms. The fourth-order valence-corrected chi connectivity index (χ4v) is 1.84. The molecule has 1 heterocycles. The van der Waals surface area contributed by atoms with Crippen molar-refractivity contribution >= 4 is 17.4 Å². The third-order valence-electron chi connectivity index (χ3n) is 2.52. The normalized spacial score (nSPS) is 10.4. The van der Waals surface area contributed by atoms with Gasteiger partial charge in [0.15, 0.2) is 5.82 Å². The van der Waals surface area contributed by atoms with Crippen LogP contribution >= 0.6 is 11.6 Å². The first kappa shape index (κ1) is 12.8. The summed E-state index contributed by atoms with van der Waals surface area (Å²) in [6.07, 6.45) is 0.785. The molecule has 1 aromatic heterocycles. The molecule has 2 aromatic rings. The van der Waals surface area contributed by atoms with Crippen LogP contribution in [0.5, 0.6) is 0 Å². The number of hydrogen-bond donors (Lipinski definition) is 1. The van der Waals surface area contributed by atoms with Gasteiger partial charge >= 0.3 is 0 Å². The zero-order valence-corrected chi connectivity index (χ0v) is 10.9. The molecule has 0 saturated carbocycles. The van der Waals surface area contributed by atoms with E-state index < -0.39 is 5.82 Å². The molecule has 0 saturated heterocycles. The van der Waals surface area contributed by atoms with Gasteiger partial charge in [-0.15, -0.1) is 0 Å². The minimum Gasteiger partial charge on any atom is -0.373 e. The second-order valence-electron chi connectivity index (χ2n) is 3.83. The summed E-state index contributed by atoms with van der Waals surface area (Å²) in [4.78, 5) is 8.68. The van der Waals surface area contributed by atoms with Crippen LogP contribution in [0.2, 0.25) is 5.02 Å². The van der Waals surface area contributed by atoms with E-state index >= 15 is 0 Å². The number of rotatable bonds is 3. The van der Waals surface area contributed by atoms with Crippen LogP contribution in [-0.2, 0) is 6.42 Å². The molecule has 0 unspecified atom stereocenters. The van der Waals surface area contributed by atoms with E-state index in [2.05, 4.69) is 15.3 Å². The number of nitrogens with one attached hydrogen (secondary N) is 1. The second kappa shape index (κ2) is 5.31. The Hall–Kier alpha value is -1.68. The van der Waals surface area contributed by atoms with Gasteiger partial charge in [-0.05, 0) is 24.6 Å². The van der Waals surface area contributed by atoms with E-state index in [1.54, 1.807) is 13.1 Å². The van der Waals surface area contributed by atoms with E-state index in [1.165, 1.54) is 12.1 Å². The van der Waals surface area contributed by atoms with E-state index in [-0.39, 0.29) is 0 Å². The Bertz CT molecular complexity index is 530. The van der Waals surface area contributed by atoms with E-state index in [1.807, 2.05) is 13.0 Å². The number of nitrogens with zero attached hydrogens (tertiary/aromatic N) is 2. The molecule has 18 heavy (non-hydrogen) atoms. The molecule has 0 bridgehead atoms. The monoisotopic (exact) mass is 265 g/mol. The van der Waals surface area contributed by atoms with Crippen LogP contribution in [0.1, 0.15) is 12.6 Å². The minimum absolute atomic E-state index is 0.335. The molecule has 0 aliphatic heterocycles. The van der Waals surface area contributed by atoms with Crippen molar-refractivity contribution in [3.63, 3.8) is 0 Å². The van der Waals surface area contributed by atoms with Crippen LogP contribution in [0.3, 0.4) is 0 Å². The Morgan fingerprint density at radius 2 is 2.00 bits per heavy atom. The lowest BCUT2D eigenvalue weighted by atomic mass is 10.2. The molecule has 94 valence electrons. The Labute approximate surface area is 110 Å². The van der Waals surface area contributed by atoms with Crippen LogP contribution in [0.15, 0.2) is 24.3 Å². The number of anilines is 1. The first-order valence-corrected chi connectivity index (χ1v) is 6.02. The van der Waals surface area contributed by atoms with Gasteiger partial charge in [0.25, 0.3) is 0 Å². The zero-order valence-electron chi connectivity index (χ0n) is 10.2. The molecular weight excluding hydrogens is 253 g/mol. The summed E-state index contributed by atoms with van der Waals surface area (Å²) >= 11 is 5.84. The lowest BCUT2D eigenvalue weighted by Crippen LogP contribution is -2.00. The van der Waals surface area contributed by atoms with Gasteiger partial charge in [-0.25, -0.2) is 14.4 Å². The fraction of sp³-hybridized carbons (Fsp3) is 0.231. The minimum atomic E-state index is -0.394. The highest BCUT2D eigenvalue weighted by Crippen LogP contribution is 2.23. The van der Waals surface area contributed by atoms with Crippen molar-refractivity contribution < 1.29 is 4.39 Å². The van der Waals surface area contributed by atoms with Crippen LogP contribution < -0.4 is 5.32 Å². The summed E-state index contributed by atoms with van der Waals surface area (Å²) in [6.45, 7) is 2.00. The number of halogens is 2. The Morgan fingerprint density at radius 1 is 1.22 bits per heavy atom. The Morgan fingerprint density at radius 3 is 2.61 bits per heavy atom. The van der Waals surface area contributed by atoms with Gasteiger partial charge in [0, 0.05) is 29.4 Å². The molecule has 2 rings (SSSR count). The third kappa shape index (κ3) is 2.76. The Kier molecular flexibility index (Phi) is 3.77. The van der Waals surface area contributed by atoms with Crippen molar-refractivity contribution in [1.82, 2.24) is 9.97 Å². The number of aryl methyl sites for hydroxylation is 1. The van der Waals surface area contributed by atoms with Crippen LogP contribution in [0.4, 0.5) is 10.2 Å². The quantitative estimate of drug-likeness (QED) is 0.922. The van der Waals surface area contributed by atoms with Crippen LogP contribution in [0, 0.1) is 5.82 Å². The third-order valence-corrected chi connectivity index (χ3v) is 2.74. The lowest BCUT2D eigenvalue weighted by Gasteiger charge is -2.07. The summed E-state index contributed by atoms with van der Waals surface area (Å²) in [7, 11) is 1.78. The smallest absolute Gasteiger partial charge is 0.161 e. The summed E-state index contributed by atoms with van der Waals surface area (Å²) in [5, 5.41) is 3.30. The maximum Gasteiger partial charge on any atom is 0.161 e. The van der Waals surface area contributed by atoms with Crippen molar-refractivity contribution in [1.29, 1.82) is 0 Å². The predicted octanol–water partition coefficient (Wildman–Crippen LogP) is 3.54. The van der Waals surface area contributed by atoms with Crippen LogP contribution in [-0.4, -0.2) is 17.0 Å². The van der Waals surface area contributed by atoms with Gasteiger partial charge in [0.1, 0.15) is 11.6 Å². The first-order valence-electron chi connectivity index (χ1n) is 5.64. The van der Waals surface area contributed by atoms with Gasteiger partial charge in [0.2, 0.25) is 0 Å². The van der Waals surface area contributed by atoms with Crippen LogP contribution in [0.25, 0.3) is 11.4 Å². The van der Waals surface area contributed by atoms with Gasteiger partial charge in [-0.2, -0.15) is 0 Å². The summed E-state index contributed by atoms with van der Waals surface area (Å²) in [5.41, 5.74) is 1.47. The van der Waals surface area contributed by atoms with E-state index in [0.717, 1.165) is 12.1 Å². The fourth-order valence-electron chi connectivity index (χ4n) is 1.62. The van der Waals surface area contributed by atoms with Gasteiger partial charge in [-0.1, -0.05) is 18.5 Å². The lowest BCUT2D eigenvalue weighted by molar-refractivity contribution is 0.628. The average Bonchev–Trinajstić information content (AvgIpc) is 2.37. The largest absolute Gasteiger partial charge is 0.373 e. The van der Waals surface area contributed by atoms with Crippen molar-refractivity contribution in [3.8, 4) is 11.4 Å². The molecule has 0 radical (unpaired) electrons. The van der Waals surface area contributed by atoms with E-state index in [0.29, 0.717) is 22.2 Å². The SMILES string of the molecule is CCc1cc(NC)nc(-c2cc(F)cc(Cl)c2)n1. The highest BCUT2D eigenvalue weighted by molar-refractivity contribution is 6.30. The topological polar surface area (TPSA) is 37.8 Å². The van der Waals surface area contributed by atoms with Gasteiger partial charge in [-0.3, -0.25) is 0 Å². The second-order valence-corrected chi connectivity index (χ2v) is 4.27. The average molecular weight is 266 g/mol. The summed E-state index contributed by atoms with van der Waals surface area (Å²) < 4.78 is 13.3. The van der Waals surface area contributed by atoms with E-state index in [9.17, 15) is 4.39 Å². The zero-order chi connectivity index (χ0) is 13.1. The summed E-state index contributed by atoms with van der Waals surface area (Å²) in [5.74, 6) is 0.784. The maximum atomic E-state index is 13.3. The molecule has 5 heteroatoms. The molecule has 3 nitrogen and oxygen atoms in total. The molecule has 0 aliphatic rings. The molecule has 1 aromatic carbocycles. The molecular formula is C13H13ClFN3. The first-order chi connectivity index (χ1) is 8.62. The Balaban J connectivity index is 2.55. The molecule has 0 amide bonds. The summed E-state index contributed by atoms with van der Waals surface area (Å²) in [6, 6.07) is 6.15. The van der Waals surface area contributed by atoms with Crippen molar-refractivity contribution in [2.75, 3.05) is 12.4 Å². The number of aromatic nitrogens is 2.